The van der Waals surface area contributed by atoms with Crippen molar-refractivity contribution in [1.82, 2.24) is 5.32 Å². The van der Waals surface area contributed by atoms with Gasteiger partial charge in [-0.05, 0) is 36.2 Å². The van der Waals surface area contributed by atoms with E-state index in [1.54, 1.807) is 19.2 Å². The third kappa shape index (κ3) is 3.50. The number of hydrogen-bond donors (Lipinski definition) is 1. The summed E-state index contributed by atoms with van der Waals surface area (Å²) in [5.74, 6) is 0.466. The van der Waals surface area contributed by atoms with Crippen LogP contribution in [-0.4, -0.2) is 32.7 Å². The number of rotatable bonds is 5. The molecule has 5 heteroatoms. The molecule has 2 aromatic rings. The fourth-order valence-electron chi connectivity index (χ4n) is 2.90. The number of nitrogens with one attached hydrogen (secondary N) is 1. The van der Waals surface area contributed by atoms with Crippen molar-refractivity contribution >= 4 is 27.5 Å². The molecule has 0 saturated carbocycles. The minimum atomic E-state index is -0.115. The monoisotopic (exact) mass is 374 g/mol. The van der Waals surface area contributed by atoms with Gasteiger partial charge in [-0.15, -0.1) is 0 Å². The lowest BCUT2D eigenvalue weighted by molar-refractivity contribution is 0.0951. The molecule has 0 aromatic heterocycles. The SMILES string of the molecule is COc1ccc(Br)cc1C(=O)NCCN1CCc2ccccc21. The Morgan fingerprint density at radius 2 is 2.13 bits per heavy atom. The molecular formula is C18H19BrN2O2. The summed E-state index contributed by atoms with van der Waals surface area (Å²) in [7, 11) is 1.57. The van der Waals surface area contributed by atoms with E-state index >= 15 is 0 Å². The molecule has 4 nitrogen and oxygen atoms in total. The summed E-state index contributed by atoms with van der Waals surface area (Å²) in [6, 6.07) is 13.9. The molecule has 3 rings (SSSR count). The molecule has 0 bridgehead atoms. The summed E-state index contributed by atoms with van der Waals surface area (Å²) in [5.41, 5.74) is 3.21. The number of nitrogens with zero attached hydrogens (tertiary/aromatic N) is 1. The predicted molar refractivity (Wildman–Crippen MR) is 95.4 cm³/mol. The number of halogens is 1. The molecule has 0 fully saturated rings. The standard InChI is InChI=1S/C18H19BrN2O2/c1-23-17-7-6-14(19)12-15(17)18(22)20-9-11-21-10-8-13-4-2-3-5-16(13)21/h2-7,12H,8-11H2,1H3,(H,20,22). The molecule has 1 aliphatic rings. The molecule has 0 saturated heterocycles. The average molecular weight is 375 g/mol. The lowest BCUT2D eigenvalue weighted by Gasteiger charge is -2.19. The molecule has 1 amide bonds. The van der Waals surface area contributed by atoms with Gasteiger partial charge >= 0.3 is 0 Å². The topological polar surface area (TPSA) is 41.6 Å². The summed E-state index contributed by atoms with van der Waals surface area (Å²) >= 11 is 3.39. The Hall–Kier alpha value is -2.01. The lowest BCUT2D eigenvalue weighted by atomic mass is 10.2. The molecule has 1 heterocycles. The molecular weight excluding hydrogens is 356 g/mol. The van der Waals surface area contributed by atoms with Crippen LogP contribution < -0.4 is 15.0 Å². The molecule has 0 spiro atoms. The van der Waals surface area contributed by atoms with Crippen LogP contribution in [0, 0.1) is 0 Å². The first kappa shape index (κ1) is 15.9. The van der Waals surface area contributed by atoms with E-state index in [2.05, 4.69) is 50.4 Å². The summed E-state index contributed by atoms with van der Waals surface area (Å²) < 4.78 is 6.11. The van der Waals surface area contributed by atoms with Gasteiger partial charge in [-0.25, -0.2) is 0 Å². The molecule has 0 atom stereocenters. The van der Waals surface area contributed by atoms with Gasteiger partial charge < -0.3 is 15.0 Å². The molecule has 0 aliphatic carbocycles. The maximum atomic E-state index is 12.4. The number of anilines is 1. The third-order valence-corrected chi connectivity index (χ3v) is 4.55. The minimum Gasteiger partial charge on any atom is -0.496 e. The van der Waals surface area contributed by atoms with Crippen molar-refractivity contribution in [2.75, 3.05) is 31.6 Å². The van der Waals surface area contributed by atoms with Gasteiger partial charge in [-0.2, -0.15) is 0 Å². The Kier molecular flexibility index (Phi) is 4.86. The zero-order valence-corrected chi connectivity index (χ0v) is 14.6. The highest BCUT2D eigenvalue weighted by molar-refractivity contribution is 9.10. The number of hydrogen-bond acceptors (Lipinski definition) is 3. The van der Waals surface area contributed by atoms with Crippen molar-refractivity contribution in [3.05, 3.63) is 58.1 Å². The Morgan fingerprint density at radius 1 is 1.30 bits per heavy atom. The Labute approximate surface area is 144 Å². The number of fused-ring (bicyclic) bond motifs is 1. The van der Waals surface area contributed by atoms with Gasteiger partial charge in [-0.1, -0.05) is 34.1 Å². The number of methoxy groups -OCH3 is 1. The molecule has 0 radical (unpaired) electrons. The van der Waals surface area contributed by atoms with Gasteiger partial charge in [0.15, 0.2) is 0 Å². The molecule has 1 aliphatic heterocycles. The van der Waals surface area contributed by atoms with Crippen LogP contribution in [0.1, 0.15) is 15.9 Å². The van der Waals surface area contributed by atoms with Crippen molar-refractivity contribution < 1.29 is 9.53 Å². The highest BCUT2D eigenvalue weighted by Gasteiger charge is 2.18. The fourth-order valence-corrected chi connectivity index (χ4v) is 3.26. The Morgan fingerprint density at radius 3 is 2.96 bits per heavy atom. The maximum absolute atomic E-state index is 12.4. The molecule has 120 valence electrons. The van der Waals surface area contributed by atoms with Crippen LogP contribution >= 0.6 is 15.9 Å². The van der Waals surface area contributed by atoms with E-state index in [1.165, 1.54) is 11.3 Å². The minimum absolute atomic E-state index is 0.115. The zero-order chi connectivity index (χ0) is 16.2. The van der Waals surface area contributed by atoms with Crippen LogP contribution in [0.15, 0.2) is 46.9 Å². The van der Waals surface area contributed by atoms with E-state index < -0.39 is 0 Å². The first-order valence-electron chi connectivity index (χ1n) is 7.63. The van der Waals surface area contributed by atoms with E-state index in [0.717, 1.165) is 24.0 Å². The number of amides is 1. The van der Waals surface area contributed by atoms with Gasteiger partial charge in [0.1, 0.15) is 5.75 Å². The van der Waals surface area contributed by atoms with Gasteiger partial charge in [0.25, 0.3) is 5.91 Å². The number of carbonyl (C=O) groups is 1. The van der Waals surface area contributed by atoms with Crippen molar-refractivity contribution in [3.8, 4) is 5.75 Å². The zero-order valence-electron chi connectivity index (χ0n) is 13.0. The van der Waals surface area contributed by atoms with E-state index in [4.69, 9.17) is 4.74 Å². The summed E-state index contributed by atoms with van der Waals surface area (Å²) in [6.07, 6.45) is 1.07. The Balaban J connectivity index is 1.59. The number of benzene rings is 2. The number of ether oxygens (including phenoxy) is 1. The van der Waals surface area contributed by atoms with Gasteiger partial charge in [0, 0.05) is 29.8 Å². The van der Waals surface area contributed by atoms with Crippen LogP contribution in [0.4, 0.5) is 5.69 Å². The highest BCUT2D eigenvalue weighted by atomic mass is 79.9. The summed E-state index contributed by atoms with van der Waals surface area (Å²) in [4.78, 5) is 14.7. The van der Waals surface area contributed by atoms with E-state index in [0.29, 0.717) is 17.9 Å². The second-order valence-corrected chi connectivity index (χ2v) is 6.38. The predicted octanol–water partition coefficient (Wildman–Crippen LogP) is 3.25. The van der Waals surface area contributed by atoms with E-state index in [9.17, 15) is 4.79 Å². The third-order valence-electron chi connectivity index (χ3n) is 4.06. The molecule has 1 N–H and O–H groups in total. The average Bonchev–Trinajstić information content (AvgIpc) is 2.98. The first-order chi connectivity index (χ1) is 11.2. The maximum Gasteiger partial charge on any atom is 0.255 e. The lowest BCUT2D eigenvalue weighted by Crippen LogP contribution is -2.34. The number of carbonyl (C=O) groups excluding carboxylic acids is 1. The van der Waals surface area contributed by atoms with Gasteiger partial charge in [-0.3, -0.25) is 4.79 Å². The largest absolute Gasteiger partial charge is 0.496 e. The van der Waals surface area contributed by atoms with Crippen LogP contribution in [0.2, 0.25) is 0 Å². The van der Waals surface area contributed by atoms with E-state index in [1.807, 2.05) is 6.07 Å². The highest BCUT2D eigenvalue weighted by Crippen LogP contribution is 2.27. The van der Waals surface area contributed by atoms with Gasteiger partial charge in [0.2, 0.25) is 0 Å². The summed E-state index contributed by atoms with van der Waals surface area (Å²) in [6.45, 7) is 2.41. The first-order valence-corrected chi connectivity index (χ1v) is 8.43. The smallest absolute Gasteiger partial charge is 0.255 e. The van der Waals surface area contributed by atoms with Crippen LogP contribution in [-0.2, 0) is 6.42 Å². The molecule has 2 aromatic carbocycles. The van der Waals surface area contributed by atoms with Crippen molar-refractivity contribution in [3.63, 3.8) is 0 Å². The van der Waals surface area contributed by atoms with Crippen molar-refractivity contribution in [1.29, 1.82) is 0 Å². The second-order valence-electron chi connectivity index (χ2n) is 5.47. The molecule has 23 heavy (non-hydrogen) atoms. The number of para-hydroxylation sites is 1. The summed E-state index contributed by atoms with van der Waals surface area (Å²) in [5, 5.41) is 2.98. The van der Waals surface area contributed by atoms with Crippen molar-refractivity contribution in [2.45, 2.75) is 6.42 Å². The molecule has 0 unspecified atom stereocenters. The fraction of sp³-hybridized carbons (Fsp3) is 0.278. The second kappa shape index (κ2) is 7.04. The van der Waals surface area contributed by atoms with Gasteiger partial charge in [0.05, 0.1) is 12.7 Å². The van der Waals surface area contributed by atoms with Crippen LogP contribution in [0.25, 0.3) is 0 Å². The normalized spacial score (nSPS) is 12.9. The Bertz CT molecular complexity index is 718. The van der Waals surface area contributed by atoms with Crippen molar-refractivity contribution in [2.24, 2.45) is 0 Å². The van der Waals surface area contributed by atoms with Crippen LogP contribution in [0.3, 0.4) is 0 Å². The van der Waals surface area contributed by atoms with E-state index in [-0.39, 0.29) is 5.91 Å². The van der Waals surface area contributed by atoms with Crippen LogP contribution in [0.5, 0.6) is 5.75 Å². The quantitative estimate of drug-likeness (QED) is 0.873.